The summed E-state index contributed by atoms with van der Waals surface area (Å²) in [6.45, 7) is 14.1. The Morgan fingerprint density at radius 1 is 0.537 bits per heavy atom. The molecule has 198 valence electrons. The average Bonchev–Trinajstić information content (AvgIpc) is 3.46. The van der Waals surface area contributed by atoms with Gasteiger partial charge < -0.3 is 9.05 Å². The third kappa shape index (κ3) is 2.84. The summed E-state index contributed by atoms with van der Waals surface area (Å²) < 4.78 is 5.22. The topological polar surface area (TPSA) is 9.86 Å². The summed E-state index contributed by atoms with van der Waals surface area (Å²) in [5, 5.41) is 5.41. The van der Waals surface area contributed by atoms with Crippen LogP contribution in [0.4, 0.5) is 0 Å². The van der Waals surface area contributed by atoms with Crippen LogP contribution in [0, 0.1) is 0 Å². The number of benzene rings is 5. The van der Waals surface area contributed by atoms with Crippen LogP contribution >= 0.6 is 0 Å². The molecule has 2 aromatic heterocycles. The van der Waals surface area contributed by atoms with E-state index in [0.717, 1.165) is 0 Å². The number of hydrogen-bond acceptors (Lipinski definition) is 0. The lowest BCUT2D eigenvalue weighted by molar-refractivity contribution is 0.590. The molecule has 0 bridgehead atoms. The number of hydrogen-bond donors (Lipinski definition) is 0. The van der Waals surface area contributed by atoms with Gasteiger partial charge in [0.05, 0.1) is 11.0 Å². The molecule has 2 nitrogen and oxygen atoms in total. The normalized spacial score (nSPS) is 14.0. The van der Waals surface area contributed by atoms with E-state index in [9.17, 15) is 0 Å². The van der Waals surface area contributed by atoms with Crippen molar-refractivity contribution in [2.24, 2.45) is 0 Å². The minimum absolute atomic E-state index is 0.0435. The predicted octanol–water partition coefficient (Wildman–Crippen LogP) is 8.43. The zero-order valence-electron chi connectivity index (χ0n) is 24.6. The lowest BCUT2D eigenvalue weighted by Crippen LogP contribution is -2.55. The summed E-state index contributed by atoms with van der Waals surface area (Å²) in [6, 6.07) is 35.0. The Morgan fingerprint density at radius 2 is 1.27 bits per heavy atom. The van der Waals surface area contributed by atoms with Crippen molar-refractivity contribution in [3.63, 3.8) is 0 Å². The SMILES string of the molecule is CC(C)(C)c1ccc2c(c1)c1cc(C(C)(C)C)cc3c1n2B1c2c-3cccc2-n2c3ccccc3c3cccc1c32. The molecular weight excluding hydrogens is 495 g/mol. The first-order valence-corrected chi connectivity index (χ1v) is 14.9. The largest absolute Gasteiger partial charge is 0.375 e. The summed E-state index contributed by atoms with van der Waals surface area (Å²) >= 11 is 0. The molecule has 0 amide bonds. The lowest BCUT2D eigenvalue weighted by atomic mass is 9.45. The van der Waals surface area contributed by atoms with Crippen molar-refractivity contribution in [1.29, 1.82) is 0 Å². The lowest BCUT2D eigenvalue weighted by Gasteiger charge is -2.34. The number of fused-ring (bicyclic) bond motifs is 10. The Bertz CT molecular complexity index is 2280. The van der Waals surface area contributed by atoms with E-state index in [4.69, 9.17) is 0 Å². The molecule has 9 rings (SSSR count). The summed E-state index contributed by atoms with van der Waals surface area (Å²) in [5.41, 5.74) is 15.1. The van der Waals surface area contributed by atoms with Gasteiger partial charge in [-0.3, -0.25) is 0 Å². The highest BCUT2D eigenvalue weighted by molar-refractivity contribution is 6.90. The maximum Gasteiger partial charge on any atom is 0.333 e. The van der Waals surface area contributed by atoms with Crippen molar-refractivity contribution in [2.45, 2.75) is 52.4 Å². The molecule has 0 fully saturated rings. The predicted molar refractivity (Wildman–Crippen MR) is 177 cm³/mol. The van der Waals surface area contributed by atoms with E-state index in [1.165, 1.54) is 82.5 Å². The molecule has 41 heavy (non-hydrogen) atoms. The van der Waals surface area contributed by atoms with Gasteiger partial charge in [-0.15, -0.1) is 0 Å². The van der Waals surface area contributed by atoms with E-state index in [1.807, 2.05) is 0 Å². The molecule has 0 atom stereocenters. The standard InChI is InChI=1S/C38H33BN2/c1-37(2,3)22-17-18-32-27(19-22)29-21-23(38(4,5)6)20-28-25-12-10-16-33-34(25)39(41(32)35(28)29)30-14-9-13-26-24-11-7-8-15-31(24)40(33)36(26)30/h7-21H,1-6H3. The smallest absolute Gasteiger partial charge is 0.333 e. The van der Waals surface area contributed by atoms with Crippen molar-refractivity contribution in [3.05, 3.63) is 102 Å². The quantitative estimate of drug-likeness (QED) is 0.175. The monoisotopic (exact) mass is 528 g/mol. The van der Waals surface area contributed by atoms with Crippen LogP contribution in [-0.2, 0) is 10.8 Å². The molecule has 0 radical (unpaired) electrons. The fraction of sp³-hybridized carbons (Fsp3) is 0.211. The van der Waals surface area contributed by atoms with Gasteiger partial charge in [-0.2, -0.15) is 0 Å². The maximum absolute atomic E-state index is 2.68. The van der Waals surface area contributed by atoms with Crippen molar-refractivity contribution in [3.8, 4) is 16.8 Å². The van der Waals surface area contributed by atoms with Crippen molar-refractivity contribution in [2.75, 3.05) is 0 Å². The number of para-hydroxylation sites is 2. The Kier molecular flexibility index (Phi) is 4.20. The average molecular weight is 529 g/mol. The third-order valence-electron chi connectivity index (χ3n) is 9.80. The Hall–Kier alpha value is -4.24. The van der Waals surface area contributed by atoms with Gasteiger partial charge in [0.2, 0.25) is 0 Å². The summed E-state index contributed by atoms with van der Waals surface area (Å²) in [7, 11) is 0. The molecule has 0 N–H and O–H groups in total. The second kappa shape index (κ2) is 7.34. The molecule has 7 aromatic rings. The Labute approximate surface area is 241 Å². The first kappa shape index (κ1) is 23.5. The fourth-order valence-electron chi connectivity index (χ4n) is 7.76. The molecule has 0 spiro atoms. The molecule has 2 aliphatic heterocycles. The molecule has 0 saturated heterocycles. The number of rotatable bonds is 0. The molecule has 5 aromatic carbocycles. The van der Waals surface area contributed by atoms with Gasteiger partial charge in [-0.05, 0) is 74.8 Å². The van der Waals surface area contributed by atoms with Crippen LogP contribution in [0.5, 0.6) is 0 Å². The molecular formula is C38H33BN2. The first-order chi connectivity index (χ1) is 19.6. The molecule has 4 heterocycles. The van der Waals surface area contributed by atoms with Crippen LogP contribution in [-0.4, -0.2) is 15.9 Å². The van der Waals surface area contributed by atoms with Gasteiger partial charge >= 0.3 is 6.85 Å². The van der Waals surface area contributed by atoms with Gasteiger partial charge in [0, 0.05) is 43.8 Å². The summed E-state index contributed by atoms with van der Waals surface area (Å²) in [5.74, 6) is 0. The van der Waals surface area contributed by atoms with Gasteiger partial charge in [-0.25, -0.2) is 0 Å². The summed E-state index contributed by atoms with van der Waals surface area (Å²) in [4.78, 5) is 0. The third-order valence-corrected chi connectivity index (χ3v) is 9.80. The highest BCUT2D eigenvalue weighted by atomic mass is 15.0. The van der Waals surface area contributed by atoms with E-state index in [0.29, 0.717) is 0 Å². The van der Waals surface area contributed by atoms with Crippen LogP contribution in [0.15, 0.2) is 91.0 Å². The second-order valence-electron chi connectivity index (χ2n) is 14.3. The number of aromatic nitrogens is 2. The van der Waals surface area contributed by atoms with Crippen molar-refractivity contribution in [1.82, 2.24) is 9.05 Å². The Morgan fingerprint density at radius 3 is 2.07 bits per heavy atom. The molecule has 0 aliphatic carbocycles. The molecule has 0 saturated carbocycles. The van der Waals surface area contributed by atoms with Crippen LogP contribution in [0.2, 0.25) is 0 Å². The van der Waals surface area contributed by atoms with Crippen LogP contribution in [0.3, 0.4) is 0 Å². The van der Waals surface area contributed by atoms with E-state index in [2.05, 4.69) is 142 Å². The minimum atomic E-state index is 0.0435. The van der Waals surface area contributed by atoms with Crippen LogP contribution < -0.4 is 10.9 Å². The van der Waals surface area contributed by atoms with E-state index in [-0.39, 0.29) is 17.7 Å². The van der Waals surface area contributed by atoms with Gasteiger partial charge in [0.1, 0.15) is 0 Å². The van der Waals surface area contributed by atoms with Crippen molar-refractivity contribution < 1.29 is 0 Å². The number of nitrogens with zero attached hydrogens (tertiary/aromatic N) is 2. The highest BCUT2D eigenvalue weighted by Crippen LogP contribution is 2.45. The molecule has 0 unspecified atom stereocenters. The maximum atomic E-state index is 2.68. The van der Waals surface area contributed by atoms with E-state index >= 15 is 0 Å². The van der Waals surface area contributed by atoms with Gasteiger partial charge in [0.15, 0.2) is 0 Å². The first-order valence-electron chi connectivity index (χ1n) is 14.9. The highest BCUT2D eigenvalue weighted by Gasteiger charge is 2.41. The van der Waals surface area contributed by atoms with Crippen LogP contribution in [0.1, 0.15) is 52.7 Å². The zero-order valence-corrected chi connectivity index (χ0v) is 24.6. The second-order valence-corrected chi connectivity index (χ2v) is 14.3. The minimum Gasteiger partial charge on any atom is -0.375 e. The zero-order chi connectivity index (χ0) is 28.0. The molecule has 3 heteroatoms. The van der Waals surface area contributed by atoms with E-state index < -0.39 is 0 Å². The Balaban J connectivity index is 1.52. The molecule has 2 aliphatic rings. The van der Waals surface area contributed by atoms with Gasteiger partial charge in [0.25, 0.3) is 0 Å². The fourth-order valence-corrected chi connectivity index (χ4v) is 7.76. The van der Waals surface area contributed by atoms with E-state index in [1.54, 1.807) is 0 Å². The van der Waals surface area contributed by atoms with Crippen LogP contribution in [0.25, 0.3) is 60.4 Å². The summed E-state index contributed by atoms with van der Waals surface area (Å²) in [6.07, 6.45) is 0. The van der Waals surface area contributed by atoms with Crippen molar-refractivity contribution >= 4 is 61.4 Å². The van der Waals surface area contributed by atoms with Gasteiger partial charge in [-0.1, -0.05) is 96.1 Å².